The second-order valence-electron chi connectivity index (χ2n) is 4.00. The predicted molar refractivity (Wildman–Crippen MR) is 80.9 cm³/mol. The largest absolute Gasteiger partial charge is 0.385 e. The number of thiocarbonyl (C=S) groups is 1. The summed E-state index contributed by atoms with van der Waals surface area (Å²) in [7, 11) is 0. The van der Waals surface area contributed by atoms with Crippen LogP contribution in [0.1, 0.15) is 24.7 Å². The van der Waals surface area contributed by atoms with E-state index in [2.05, 4.69) is 12.2 Å². The number of hydrogen-bond acceptors (Lipinski definition) is 4. The summed E-state index contributed by atoms with van der Waals surface area (Å²) in [5.74, 6) is 0.101. The SMILES string of the molecule is CCNc1ccc(C2SC(=S)N(CC)C2=O)cc1. The van der Waals surface area contributed by atoms with Gasteiger partial charge in [0.2, 0.25) is 5.91 Å². The lowest BCUT2D eigenvalue weighted by atomic mass is 10.1. The molecule has 1 N–H and O–H groups in total. The van der Waals surface area contributed by atoms with E-state index in [1.165, 1.54) is 11.8 Å². The topological polar surface area (TPSA) is 32.3 Å². The van der Waals surface area contributed by atoms with E-state index in [0.717, 1.165) is 17.8 Å². The first-order valence-electron chi connectivity index (χ1n) is 6.03. The van der Waals surface area contributed by atoms with Gasteiger partial charge < -0.3 is 5.32 Å². The Balaban J connectivity index is 2.17. The number of anilines is 1. The average molecular weight is 280 g/mol. The zero-order valence-electron chi connectivity index (χ0n) is 10.5. The molecule has 0 aliphatic carbocycles. The van der Waals surface area contributed by atoms with Crippen LogP contribution in [0, 0.1) is 0 Å². The van der Waals surface area contributed by atoms with Crippen LogP contribution in [0.4, 0.5) is 5.69 Å². The number of carbonyl (C=O) groups is 1. The Bertz CT molecular complexity index is 459. The third kappa shape index (κ3) is 2.52. The maximum absolute atomic E-state index is 12.2. The Morgan fingerprint density at radius 3 is 2.50 bits per heavy atom. The lowest BCUT2D eigenvalue weighted by molar-refractivity contribution is -0.126. The highest BCUT2D eigenvalue weighted by Crippen LogP contribution is 2.39. The van der Waals surface area contributed by atoms with Crippen LogP contribution in [0.5, 0.6) is 0 Å². The fraction of sp³-hybridized carbons (Fsp3) is 0.385. The molecule has 1 amide bonds. The van der Waals surface area contributed by atoms with Gasteiger partial charge in [0.15, 0.2) is 0 Å². The van der Waals surface area contributed by atoms with Crippen molar-refractivity contribution < 1.29 is 4.79 Å². The highest BCUT2D eigenvalue weighted by atomic mass is 32.2. The molecule has 1 aromatic carbocycles. The number of likely N-dealkylation sites (N-methyl/N-ethyl adjacent to an activating group) is 1. The van der Waals surface area contributed by atoms with Crippen molar-refractivity contribution in [3.8, 4) is 0 Å². The molecular weight excluding hydrogens is 264 g/mol. The third-order valence-corrected chi connectivity index (χ3v) is 4.48. The molecule has 1 unspecified atom stereocenters. The molecule has 2 rings (SSSR count). The number of rotatable bonds is 4. The summed E-state index contributed by atoms with van der Waals surface area (Å²) in [5.41, 5.74) is 2.09. The first-order chi connectivity index (χ1) is 8.67. The van der Waals surface area contributed by atoms with Crippen LogP contribution in [0.2, 0.25) is 0 Å². The molecule has 1 fully saturated rings. The Hall–Kier alpha value is -1.07. The highest BCUT2D eigenvalue weighted by Gasteiger charge is 2.36. The summed E-state index contributed by atoms with van der Waals surface area (Å²) < 4.78 is 0.684. The summed E-state index contributed by atoms with van der Waals surface area (Å²) in [6.45, 7) is 5.55. The molecule has 1 aliphatic rings. The van der Waals surface area contributed by atoms with E-state index in [4.69, 9.17) is 12.2 Å². The van der Waals surface area contributed by atoms with E-state index in [0.29, 0.717) is 10.9 Å². The molecule has 0 spiro atoms. The molecule has 1 atom stereocenters. The number of amides is 1. The quantitative estimate of drug-likeness (QED) is 0.859. The van der Waals surface area contributed by atoms with E-state index in [1.807, 2.05) is 31.2 Å². The van der Waals surface area contributed by atoms with Gasteiger partial charge in [-0.25, -0.2) is 0 Å². The first kappa shape index (κ1) is 13.4. The van der Waals surface area contributed by atoms with Crippen molar-refractivity contribution in [1.29, 1.82) is 0 Å². The Morgan fingerprint density at radius 1 is 1.33 bits per heavy atom. The smallest absolute Gasteiger partial charge is 0.246 e. The molecule has 3 nitrogen and oxygen atoms in total. The van der Waals surface area contributed by atoms with E-state index in [1.54, 1.807) is 4.90 Å². The molecule has 5 heteroatoms. The van der Waals surface area contributed by atoms with Gasteiger partial charge in [-0.3, -0.25) is 9.69 Å². The third-order valence-electron chi connectivity index (χ3n) is 2.84. The minimum Gasteiger partial charge on any atom is -0.385 e. The minimum atomic E-state index is -0.173. The fourth-order valence-electron chi connectivity index (χ4n) is 1.92. The predicted octanol–water partition coefficient (Wildman–Crippen LogP) is 3.04. The van der Waals surface area contributed by atoms with E-state index < -0.39 is 0 Å². The summed E-state index contributed by atoms with van der Waals surface area (Å²) in [4.78, 5) is 13.8. The van der Waals surface area contributed by atoms with Crippen LogP contribution in [0.25, 0.3) is 0 Å². The van der Waals surface area contributed by atoms with Crippen molar-refractivity contribution in [1.82, 2.24) is 4.90 Å². The minimum absolute atomic E-state index is 0.101. The van der Waals surface area contributed by atoms with Gasteiger partial charge in [-0.2, -0.15) is 0 Å². The second kappa shape index (κ2) is 5.71. The van der Waals surface area contributed by atoms with Crippen LogP contribution < -0.4 is 5.32 Å². The first-order valence-corrected chi connectivity index (χ1v) is 7.32. The van der Waals surface area contributed by atoms with Gasteiger partial charge in [0.05, 0.1) is 0 Å². The zero-order chi connectivity index (χ0) is 13.1. The van der Waals surface area contributed by atoms with Crippen molar-refractivity contribution in [3.05, 3.63) is 29.8 Å². The fourth-order valence-corrected chi connectivity index (χ4v) is 3.50. The van der Waals surface area contributed by atoms with Gasteiger partial charge in [0.1, 0.15) is 9.57 Å². The van der Waals surface area contributed by atoms with Crippen LogP contribution in [-0.4, -0.2) is 28.2 Å². The number of thioether (sulfide) groups is 1. The van der Waals surface area contributed by atoms with Gasteiger partial charge in [0, 0.05) is 18.8 Å². The molecule has 0 radical (unpaired) electrons. The molecule has 96 valence electrons. The van der Waals surface area contributed by atoms with Crippen LogP contribution in [0.3, 0.4) is 0 Å². The number of carbonyl (C=O) groups excluding carboxylic acids is 1. The van der Waals surface area contributed by atoms with Crippen molar-refractivity contribution in [2.45, 2.75) is 19.1 Å². The van der Waals surface area contributed by atoms with Crippen molar-refractivity contribution >= 4 is 39.9 Å². The Labute approximate surface area is 117 Å². The van der Waals surface area contributed by atoms with E-state index >= 15 is 0 Å². The lowest BCUT2D eigenvalue weighted by Gasteiger charge is -2.12. The molecule has 1 saturated heterocycles. The Kier molecular flexibility index (Phi) is 4.24. The molecule has 0 saturated carbocycles. The molecule has 0 bridgehead atoms. The second-order valence-corrected chi connectivity index (χ2v) is 5.74. The Morgan fingerprint density at radius 2 is 2.00 bits per heavy atom. The van der Waals surface area contributed by atoms with Crippen LogP contribution >= 0.6 is 24.0 Å². The van der Waals surface area contributed by atoms with E-state index in [-0.39, 0.29) is 11.2 Å². The summed E-state index contributed by atoms with van der Waals surface area (Å²) in [5, 5.41) is 3.06. The number of nitrogens with zero attached hydrogens (tertiary/aromatic N) is 1. The molecular formula is C13H16N2OS2. The lowest BCUT2D eigenvalue weighted by Crippen LogP contribution is -2.28. The van der Waals surface area contributed by atoms with Gasteiger partial charge in [-0.1, -0.05) is 36.1 Å². The molecule has 0 aromatic heterocycles. The maximum Gasteiger partial charge on any atom is 0.246 e. The molecule has 1 heterocycles. The van der Waals surface area contributed by atoms with Crippen LogP contribution in [0.15, 0.2) is 24.3 Å². The average Bonchev–Trinajstić information content (AvgIpc) is 2.66. The van der Waals surface area contributed by atoms with E-state index in [9.17, 15) is 4.79 Å². The zero-order valence-corrected chi connectivity index (χ0v) is 12.1. The van der Waals surface area contributed by atoms with Gasteiger partial charge in [-0.15, -0.1) is 0 Å². The molecule has 1 aromatic rings. The standard InChI is InChI=1S/C13H16N2OS2/c1-3-14-10-7-5-9(6-8-10)11-12(16)15(4-2)13(17)18-11/h5-8,11,14H,3-4H2,1-2H3. The number of benzene rings is 1. The summed E-state index contributed by atoms with van der Waals surface area (Å²) in [6.07, 6.45) is 0. The number of nitrogens with one attached hydrogen (secondary N) is 1. The highest BCUT2D eigenvalue weighted by molar-refractivity contribution is 8.24. The van der Waals surface area contributed by atoms with Crippen molar-refractivity contribution in [2.24, 2.45) is 0 Å². The molecule has 1 aliphatic heterocycles. The normalized spacial score (nSPS) is 19.4. The van der Waals surface area contributed by atoms with Crippen molar-refractivity contribution in [2.75, 3.05) is 18.4 Å². The molecule has 18 heavy (non-hydrogen) atoms. The summed E-state index contributed by atoms with van der Waals surface area (Å²) >= 11 is 6.68. The maximum atomic E-state index is 12.2. The van der Waals surface area contributed by atoms with Crippen molar-refractivity contribution in [3.63, 3.8) is 0 Å². The van der Waals surface area contributed by atoms with Gasteiger partial charge in [0.25, 0.3) is 0 Å². The number of hydrogen-bond donors (Lipinski definition) is 1. The summed E-state index contributed by atoms with van der Waals surface area (Å²) in [6, 6.07) is 8.00. The van der Waals surface area contributed by atoms with Gasteiger partial charge >= 0.3 is 0 Å². The van der Waals surface area contributed by atoms with Gasteiger partial charge in [-0.05, 0) is 31.5 Å². The monoisotopic (exact) mass is 280 g/mol. The van der Waals surface area contributed by atoms with Crippen LogP contribution in [-0.2, 0) is 4.79 Å².